The van der Waals surface area contributed by atoms with E-state index in [1.54, 1.807) is 18.5 Å². The number of hydrogen-bond acceptors (Lipinski definition) is 4. The number of nitrogens with zero attached hydrogens (tertiary/aromatic N) is 3. The molecule has 0 aliphatic carbocycles. The van der Waals surface area contributed by atoms with Gasteiger partial charge >= 0.3 is 0 Å². The molecule has 2 aromatic heterocycles. The van der Waals surface area contributed by atoms with E-state index in [2.05, 4.69) is 22.3 Å². The van der Waals surface area contributed by atoms with Gasteiger partial charge in [-0.15, -0.1) is 0 Å². The molecule has 6 nitrogen and oxygen atoms in total. The van der Waals surface area contributed by atoms with E-state index >= 15 is 0 Å². The number of pyridine rings is 1. The van der Waals surface area contributed by atoms with Crippen molar-refractivity contribution in [2.45, 2.75) is 32.7 Å². The molecule has 0 aliphatic heterocycles. The summed E-state index contributed by atoms with van der Waals surface area (Å²) < 4.78 is 1.39. The van der Waals surface area contributed by atoms with Gasteiger partial charge < -0.3 is 5.32 Å². The predicted octanol–water partition coefficient (Wildman–Crippen LogP) is 3.29. The highest BCUT2D eigenvalue weighted by Gasteiger charge is 2.06. The van der Waals surface area contributed by atoms with E-state index in [-0.39, 0.29) is 11.5 Å². The summed E-state index contributed by atoms with van der Waals surface area (Å²) >= 11 is 0. The van der Waals surface area contributed by atoms with Crippen LogP contribution in [0.3, 0.4) is 0 Å². The summed E-state index contributed by atoms with van der Waals surface area (Å²) in [6.07, 6.45) is 5.21. The number of anilines is 1. The fourth-order valence-corrected chi connectivity index (χ4v) is 2.71. The van der Waals surface area contributed by atoms with Crippen LogP contribution >= 0.6 is 0 Å². The fraction of sp³-hybridized carbons (Fsp3) is 0.238. The largest absolute Gasteiger partial charge is 0.326 e. The molecule has 138 valence electrons. The number of aryl methyl sites for hydroxylation is 2. The van der Waals surface area contributed by atoms with Gasteiger partial charge in [0.2, 0.25) is 5.91 Å². The molecular weight excluding hydrogens is 340 g/mol. The Morgan fingerprint density at radius 3 is 2.63 bits per heavy atom. The number of rotatable bonds is 7. The van der Waals surface area contributed by atoms with Crippen LogP contribution in [0.5, 0.6) is 0 Å². The van der Waals surface area contributed by atoms with Crippen molar-refractivity contribution in [1.29, 1.82) is 0 Å². The molecule has 3 rings (SSSR count). The lowest BCUT2D eigenvalue weighted by atomic mass is 10.1. The van der Waals surface area contributed by atoms with Crippen molar-refractivity contribution in [3.8, 4) is 11.3 Å². The summed E-state index contributed by atoms with van der Waals surface area (Å²) in [7, 11) is 0. The van der Waals surface area contributed by atoms with Crippen LogP contribution in [0.1, 0.15) is 25.3 Å². The molecule has 6 heteroatoms. The Balaban J connectivity index is 1.56. The first-order chi connectivity index (χ1) is 13.2. The van der Waals surface area contributed by atoms with Gasteiger partial charge in [0.05, 0.1) is 5.69 Å². The van der Waals surface area contributed by atoms with Gasteiger partial charge in [0.25, 0.3) is 5.56 Å². The van der Waals surface area contributed by atoms with Crippen LogP contribution in [0, 0.1) is 0 Å². The minimum absolute atomic E-state index is 0.0734. The zero-order valence-corrected chi connectivity index (χ0v) is 15.3. The van der Waals surface area contributed by atoms with E-state index < -0.39 is 0 Å². The predicted molar refractivity (Wildman–Crippen MR) is 105 cm³/mol. The van der Waals surface area contributed by atoms with Gasteiger partial charge in [-0.05, 0) is 48.7 Å². The van der Waals surface area contributed by atoms with E-state index in [9.17, 15) is 9.59 Å². The summed E-state index contributed by atoms with van der Waals surface area (Å²) in [6.45, 7) is 2.47. The van der Waals surface area contributed by atoms with Crippen LogP contribution in [-0.4, -0.2) is 20.7 Å². The molecule has 0 bridgehead atoms. The highest BCUT2D eigenvalue weighted by Crippen LogP contribution is 2.13. The smallest absolute Gasteiger partial charge is 0.266 e. The second-order valence-corrected chi connectivity index (χ2v) is 6.22. The second kappa shape index (κ2) is 8.89. The number of amides is 1. The summed E-state index contributed by atoms with van der Waals surface area (Å²) in [5.74, 6) is -0.0734. The number of carbonyl (C=O) groups is 1. The van der Waals surface area contributed by atoms with Gasteiger partial charge in [0.1, 0.15) is 0 Å². The number of hydrogen-bond donors (Lipinski definition) is 1. The summed E-state index contributed by atoms with van der Waals surface area (Å²) in [6, 6.07) is 14.7. The molecular formula is C21H22N4O2. The van der Waals surface area contributed by atoms with Crippen molar-refractivity contribution in [2.75, 3.05) is 5.32 Å². The Kier molecular flexibility index (Phi) is 6.10. The fourth-order valence-electron chi connectivity index (χ4n) is 2.71. The third-order valence-electron chi connectivity index (χ3n) is 4.24. The van der Waals surface area contributed by atoms with E-state index in [0.717, 1.165) is 17.7 Å². The minimum atomic E-state index is -0.182. The second-order valence-electron chi connectivity index (χ2n) is 6.22. The maximum absolute atomic E-state index is 12.1. The highest BCUT2D eigenvalue weighted by atomic mass is 16.1. The van der Waals surface area contributed by atoms with E-state index in [1.807, 2.05) is 36.4 Å². The van der Waals surface area contributed by atoms with Crippen molar-refractivity contribution >= 4 is 11.6 Å². The summed E-state index contributed by atoms with van der Waals surface area (Å²) in [5.41, 5.74) is 3.36. The highest BCUT2D eigenvalue weighted by molar-refractivity contribution is 5.90. The molecule has 0 spiro atoms. The molecule has 3 aromatic rings. The zero-order valence-electron chi connectivity index (χ0n) is 15.3. The summed E-state index contributed by atoms with van der Waals surface area (Å²) in [4.78, 5) is 28.2. The quantitative estimate of drug-likeness (QED) is 0.700. The van der Waals surface area contributed by atoms with Crippen molar-refractivity contribution < 1.29 is 4.79 Å². The first-order valence-corrected chi connectivity index (χ1v) is 9.03. The van der Waals surface area contributed by atoms with Crippen LogP contribution in [0.2, 0.25) is 0 Å². The van der Waals surface area contributed by atoms with Gasteiger partial charge in [-0.2, -0.15) is 5.10 Å². The van der Waals surface area contributed by atoms with Crippen molar-refractivity contribution in [1.82, 2.24) is 14.8 Å². The standard InChI is InChI=1S/C21H22N4O2/c1-2-16-7-9-18(10-8-16)23-20(26)6-4-14-25-21(27)12-11-19(24-25)17-5-3-13-22-15-17/h3,5,7-13,15H,2,4,6,14H2,1H3,(H,23,26). The zero-order chi connectivity index (χ0) is 19.1. The van der Waals surface area contributed by atoms with Gasteiger partial charge in [-0.3, -0.25) is 14.6 Å². The van der Waals surface area contributed by atoms with Gasteiger partial charge in [0, 0.05) is 42.7 Å². The molecule has 0 saturated carbocycles. The third-order valence-corrected chi connectivity index (χ3v) is 4.24. The van der Waals surface area contributed by atoms with E-state index in [4.69, 9.17) is 0 Å². The monoisotopic (exact) mass is 362 g/mol. The molecule has 0 atom stereocenters. The van der Waals surface area contributed by atoms with Crippen LogP contribution in [0.4, 0.5) is 5.69 Å². The molecule has 0 radical (unpaired) electrons. The molecule has 0 fully saturated rings. The van der Waals surface area contributed by atoms with Gasteiger partial charge in [-0.25, -0.2) is 4.68 Å². The Morgan fingerprint density at radius 1 is 1.11 bits per heavy atom. The SMILES string of the molecule is CCc1ccc(NC(=O)CCCn2nc(-c3cccnc3)ccc2=O)cc1. The topological polar surface area (TPSA) is 76.9 Å². The molecule has 0 unspecified atom stereocenters. The lowest BCUT2D eigenvalue weighted by molar-refractivity contribution is -0.116. The number of carbonyl (C=O) groups excluding carboxylic acids is 1. The van der Waals surface area contributed by atoms with Crippen molar-refractivity contribution in [3.05, 3.63) is 76.8 Å². The number of nitrogens with one attached hydrogen (secondary N) is 1. The van der Waals surface area contributed by atoms with Gasteiger partial charge in [-0.1, -0.05) is 19.1 Å². The maximum Gasteiger partial charge on any atom is 0.266 e. The molecule has 1 amide bonds. The minimum Gasteiger partial charge on any atom is -0.326 e. The number of aromatic nitrogens is 3. The molecule has 1 aromatic carbocycles. The first kappa shape index (κ1) is 18.5. The van der Waals surface area contributed by atoms with Gasteiger partial charge in [0.15, 0.2) is 0 Å². The van der Waals surface area contributed by atoms with Crippen molar-refractivity contribution in [3.63, 3.8) is 0 Å². The molecule has 27 heavy (non-hydrogen) atoms. The Labute approximate surface area is 157 Å². The summed E-state index contributed by atoms with van der Waals surface area (Å²) in [5, 5.41) is 7.25. The van der Waals surface area contributed by atoms with Crippen molar-refractivity contribution in [2.24, 2.45) is 0 Å². The average molecular weight is 362 g/mol. The third kappa shape index (κ3) is 5.10. The first-order valence-electron chi connectivity index (χ1n) is 9.03. The molecule has 0 saturated heterocycles. The van der Waals surface area contributed by atoms with E-state index in [1.165, 1.54) is 16.3 Å². The Morgan fingerprint density at radius 2 is 1.93 bits per heavy atom. The van der Waals surface area contributed by atoms with Crippen LogP contribution in [-0.2, 0) is 17.8 Å². The average Bonchev–Trinajstić information content (AvgIpc) is 2.70. The van der Waals surface area contributed by atoms with E-state index in [0.29, 0.717) is 25.1 Å². The van der Waals surface area contributed by atoms with Crippen LogP contribution in [0.15, 0.2) is 65.7 Å². The Bertz CT molecular complexity index is 950. The van der Waals surface area contributed by atoms with Crippen LogP contribution < -0.4 is 10.9 Å². The van der Waals surface area contributed by atoms with Crippen LogP contribution in [0.25, 0.3) is 11.3 Å². The number of benzene rings is 1. The molecule has 2 heterocycles. The Hall–Kier alpha value is -3.28. The molecule has 1 N–H and O–H groups in total. The normalized spacial score (nSPS) is 10.6. The molecule has 0 aliphatic rings. The maximum atomic E-state index is 12.1. The lowest BCUT2D eigenvalue weighted by Gasteiger charge is -2.08. The lowest BCUT2D eigenvalue weighted by Crippen LogP contribution is -2.23.